The number of rotatable bonds is 7. The molecule has 1 N–H and O–H groups in total. The molecule has 21 heavy (non-hydrogen) atoms. The quantitative estimate of drug-likeness (QED) is 0.843. The third kappa shape index (κ3) is 4.60. The van der Waals surface area contributed by atoms with Crippen molar-refractivity contribution in [1.82, 2.24) is 25.4 Å². The molecule has 2 heterocycles. The number of hydrogen-bond acceptors (Lipinski definition) is 6. The van der Waals surface area contributed by atoms with Gasteiger partial charge in [-0.2, -0.15) is 4.98 Å². The normalized spacial score (nSPS) is 12.8. The van der Waals surface area contributed by atoms with Crippen LogP contribution in [0.2, 0.25) is 0 Å². The minimum atomic E-state index is 0.357. The Labute approximate surface area is 125 Å². The van der Waals surface area contributed by atoms with E-state index in [2.05, 4.69) is 46.2 Å². The second kappa shape index (κ2) is 7.26. The van der Waals surface area contributed by atoms with E-state index in [0.717, 1.165) is 19.4 Å². The molecule has 6 heteroatoms. The van der Waals surface area contributed by atoms with Crippen LogP contribution in [0.5, 0.6) is 0 Å². The predicted molar refractivity (Wildman–Crippen MR) is 80.7 cm³/mol. The van der Waals surface area contributed by atoms with E-state index < -0.39 is 0 Å². The van der Waals surface area contributed by atoms with Crippen LogP contribution >= 0.6 is 0 Å². The summed E-state index contributed by atoms with van der Waals surface area (Å²) in [6, 6.07) is 2.15. The molecule has 0 spiro atoms. The van der Waals surface area contributed by atoms with Gasteiger partial charge in [0.1, 0.15) is 11.5 Å². The van der Waals surface area contributed by atoms with Gasteiger partial charge < -0.3 is 9.84 Å². The van der Waals surface area contributed by atoms with Gasteiger partial charge in [0.25, 0.3) is 0 Å². The Morgan fingerprint density at radius 2 is 2.10 bits per heavy atom. The fraction of sp³-hybridized carbons (Fsp3) is 0.600. The Bertz CT molecular complexity index is 567. The fourth-order valence-corrected chi connectivity index (χ4v) is 2.33. The van der Waals surface area contributed by atoms with Crippen molar-refractivity contribution in [1.29, 1.82) is 0 Å². The van der Waals surface area contributed by atoms with E-state index in [0.29, 0.717) is 35.2 Å². The zero-order chi connectivity index (χ0) is 15.2. The second-order valence-corrected chi connectivity index (χ2v) is 5.59. The van der Waals surface area contributed by atoms with E-state index in [-0.39, 0.29) is 0 Å². The maximum absolute atomic E-state index is 5.36. The first-order valence-corrected chi connectivity index (χ1v) is 7.44. The Morgan fingerprint density at radius 3 is 2.76 bits per heavy atom. The highest BCUT2D eigenvalue weighted by molar-refractivity contribution is 5.46. The molecule has 0 fully saturated rings. The molecule has 6 nitrogen and oxygen atoms in total. The third-order valence-corrected chi connectivity index (χ3v) is 3.14. The lowest BCUT2D eigenvalue weighted by molar-refractivity contribution is 0.340. The zero-order valence-electron chi connectivity index (χ0n) is 13.1. The topological polar surface area (TPSA) is 76.7 Å². The van der Waals surface area contributed by atoms with Crippen LogP contribution in [-0.4, -0.2) is 32.7 Å². The summed E-state index contributed by atoms with van der Waals surface area (Å²) in [6.07, 6.45) is 3.52. The van der Waals surface area contributed by atoms with Crippen LogP contribution in [0.3, 0.4) is 0 Å². The molecule has 2 rings (SSSR count). The van der Waals surface area contributed by atoms with Crippen molar-refractivity contribution >= 4 is 0 Å². The lowest BCUT2D eigenvalue weighted by Crippen LogP contribution is -2.32. The van der Waals surface area contributed by atoms with Crippen LogP contribution in [0.1, 0.15) is 38.9 Å². The molecule has 0 aliphatic heterocycles. The molecule has 2 aromatic rings. The number of nitrogens with zero attached hydrogens (tertiary/aromatic N) is 4. The molecule has 0 bridgehead atoms. The SMILES string of the molecule is CCNC(Cc1nc(-c2ccnc(C)n2)no1)CC(C)C. The van der Waals surface area contributed by atoms with Crippen LogP contribution in [0.25, 0.3) is 11.5 Å². The summed E-state index contributed by atoms with van der Waals surface area (Å²) >= 11 is 0. The molecule has 0 saturated heterocycles. The highest BCUT2D eigenvalue weighted by Gasteiger charge is 2.16. The monoisotopic (exact) mass is 289 g/mol. The minimum Gasteiger partial charge on any atom is -0.339 e. The Morgan fingerprint density at radius 1 is 1.29 bits per heavy atom. The molecule has 1 unspecified atom stereocenters. The van der Waals surface area contributed by atoms with Crippen LogP contribution in [-0.2, 0) is 6.42 Å². The molecule has 0 saturated carbocycles. The number of likely N-dealkylation sites (N-methyl/N-ethyl adjacent to an activating group) is 1. The van der Waals surface area contributed by atoms with Gasteiger partial charge in [0.05, 0.1) is 0 Å². The van der Waals surface area contributed by atoms with Gasteiger partial charge in [-0.25, -0.2) is 9.97 Å². The molecule has 0 aliphatic rings. The molecule has 2 aromatic heterocycles. The van der Waals surface area contributed by atoms with Crippen LogP contribution < -0.4 is 5.32 Å². The lowest BCUT2D eigenvalue weighted by atomic mass is 10.0. The largest absolute Gasteiger partial charge is 0.339 e. The Kier molecular flexibility index (Phi) is 5.38. The minimum absolute atomic E-state index is 0.357. The van der Waals surface area contributed by atoms with Gasteiger partial charge in [-0.15, -0.1) is 0 Å². The number of hydrogen-bond donors (Lipinski definition) is 1. The molecule has 1 atom stereocenters. The van der Waals surface area contributed by atoms with Gasteiger partial charge in [-0.3, -0.25) is 0 Å². The Hall–Kier alpha value is -1.82. The van der Waals surface area contributed by atoms with E-state index in [1.165, 1.54) is 0 Å². The first-order chi connectivity index (χ1) is 10.1. The van der Waals surface area contributed by atoms with E-state index in [4.69, 9.17) is 4.52 Å². The van der Waals surface area contributed by atoms with Crippen molar-refractivity contribution in [2.45, 2.75) is 46.6 Å². The number of aryl methyl sites for hydroxylation is 1. The summed E-state index contributed by atoms with van der Waals surface area (Å²) in [4.78, 5) is 12.8. The second-order valence-electron chi connectivity index (χ2n) is 5.59. The molecular formula is C15H23N5O. The molecule has 0 aliphatic carbocycles. The highest BCUT2D eigenvalue weighted by atomic mass is 16.5. The summed E-state index contributed by atoms with van der Waals surface area (Å²) in [7, 11) is 0. The van der Waals surface area contributed by atoms with Crippen molar-refractivity contribution in [3.05, 3.63) is 24.0 Å². The lowest BCUT2D eigenvalue weighted by Gasteiger charge is -2.17. The van der Waals surface area contributed by atoms with Crippen molar-refractivity contribution in [3.63, 3.8) is 0 Å². The van der Waals surface area contributed by atoms with Gasteiger partial charge in [0, 0.05) is 18.7 Å². The van der Waals surface area contributed by atoms with Gasteiger partial charge in [0.2, 0.25) is 11.7 Å². The van der Waals surface area contributed by atoms with E-state index >= 15 is 0 Å². The van der Waals surface area contributed by atoms with E-state index in [1.807, 2.05) is 6.92 Å². The van der Waals surface area contributed by atoms with Crippen LogP contribution in [0.4, 0.5) is 0 Å². The Balaban J connectivity index is 2.08. The van der Waals surface area contributed by atoms with Crippen LogP contribution in [0.15, 0.2) is 16.8 Å². The van der Waals surface area contributed by atoms with Crippen molar-refractivity contribution in [2.24, 2.45) is 5.92 Å². The van der Waals surface area contributed by atoms with Crippen molar-refractivity contribution in [3.8, 4) is 11.5 Å². The third-order valence-electron chi connectivity index (χ3n) is 3.14. The van der Waals surface area contributed by atoms with Crippen molar-refractivity contribution < 1.29 is 4.52 Å². The average Bonchev–Trinajstić information content (AvgIpc) is 2.87. The molecule has 0 aromatic carbocycles. The maximum Gasteiger partial charge on any atom is 0.228 e. The van der Waals surface area contributed by atoms with Crippen molar-refractivity contribution in [2.75, 3.05) is 6.54 Å². The fourth-order valence-electron chi connectivity index (χ4n) is 2.33. The molecule has 0 amide bonds. The van der Waals surface area contributed by atoms with Gasteiger partial charge >= 0.3 is 0 Å². The number of nitrogens with one attached hydrogen (secondary N) is 1. The average molecular weight is 289 g/mol. The molecular weight excluding hydrogens is 266 g/mol. The van der Waals surface area contributed by atoms with Crippen LogP contribution in [0, 0.1) is 12.8 Å². The van der Waals surface area contributed by atoms with Gasteiger partial charge in [-0.05, 0) is 31.9 Å². The molecule has 0 radical (unpaired) electrons. The molecule has 114 valence electrons. The highest BCUT2D eigenvalue weighted by Crippen LogP contribution is 2.15. The smallest absolute Gasteiger partial charge is 0.228 e. The summed E-state index contributed by atoms with van der Waals surface area (Å²) in [6.45, 7) is 9.31. The zero-order valence-corrected chi connectivity index (χ0v) is 13.1. The standard InChI is InChI=1S/C15H23N5O/c1-5-16-12(8-10(2)3)9-14-19-15(20-21-14)13-6-7-17-11(4)18-13/h6-7,10,12,16H,5,8-9H2,1-4H3. The summed E-state index contributed by atoms with van der Waals surface area (Å²) in [5, 5.41) is 7.48. The first-order valence-electron chi connectivity index (χ1n) is 7.44. The van der Waals surface area contributed by atoms with Gasteiger partial charge in [0.15, 0.2) is 0 Å². The summed E-state index contributed by atoms with van der Waals surface area (Å²) in [5.74, 6) is 2.49. The van der Waals surface area contributed by atoms with E-state index in [1.54, 1.807) is 12.3 Å². The van der Waals surface area contributed by atoms with Gasteiger partial charge in [-0.1, -0.05) is 25.9 Å². The van der Waals surface area contributed by atoms with E-state index in [9.17, 15) is 0 Å². The summed E-state index contributed by atoms with van der Waals surface area (Å²) in [5.41, 5.74) is 0.696. The predicted octanol–water partition coefficient (Wildman–Crippen LogP) is 2.40. The summed E-state index contributed by atoms with van der Waals surface area (Å²) < 4.78 is 5.36. The number of aromatic nitrogens is 4. The first kappa shape index (κ1) is 15.6. The maximum atomic E-state index is 5.36.